The minimum atomic E-state index is -0.314. The molecule has 0 atom stereocenters. The second kappa shape index (κ2) is 5.98. The first-order valence-electron chi connectivity index (χ1n) is 5.46. The van der Waals surface area contributed by atoms with E-state index in [1.54, 1.807) is 24.3 Å². The molecule has 0 amide bonds. The highest BCUT2D eigenvalue weighted by molar-refractivity contribution is 9.10. The van der Waals surface area contributed by atoms with Crippen molar-refractivity contribution < 1.29 is 14.2 Å². The van der Waals surface area contributed by atoms with Crippen LogP contribution in [0.1, 0.15) is 11.1 Å². The Morgan fingerprint density at radius 1 is 1.11 bits per heavy atom. The molecule has 0 bridgehead atoms. The topological polar surface area (TPSA) is 29.5 Å². The van der Waals surface area contributed by atoms with Crippen LogP contribution in [-0.4, -0.2) is 5.11 Å². The van der Waals surface area contributed by atoms with Crippen molar-refractivity contribution in [3.63, 3.8) is 0 Å². The summed E-state index contributed by atoms with van der Waals surface area (Å²) in [5.41, 5.74) is 1.17. The number of ether oxygens (including phenoxy) is 1. The van der Waals surface area contributed by atoms with Crippen LogP contribution >= 0.6 is 15.9 Å². The van der Waals surface area contributed by atoms with E-state index < -0.39 is 0 Å². The highest BCUT2D eigenvalue weighted by Crippen LogP contribution is 2.21. The van der Waals surface area contributed by atoms with Crippen LogP contribution in [0.4, 0.5) is 4.39 Å². The lowest BCUT2D eigenvalue weighted by Gasteiger charge is -2.10. The number of para-hydroxylation sites is 1. The number of aliphatic hydroxyl groups is 1. The van der Waals surface area contributed by atoms with Gasteiger partial charge in [0.2, 0.25) is 0 Å². The van der Waals surface area contributed by atoms with Crippen molar-refractivity contribution in [1.82, 2.24) is 0 Å². The summed E-state index contributed by atoms with van der Waals surface area (Å²) < 4.78 is 19.8. The fraction of sp³-hybridized carbons (Fsp3) is 0.143. The van der Waals surface area contributed by atoms with Gasteiger partial charge in [0.15, 0.2) is 0 Å². The fourth-order valence-electron chi connectivity index (χ4n) is 1.57. The van der Waals surface area contributed by atoms with E-state index in [-0.39, 0.29) is 19.0 Å². The zero-order chi connectivity index (χ0) is 13.0. The molecule has 2 aromatic carbocycles. The first-order valence-corrected chi connectivity index (χ1v) is 6.25. The molecule has 2 aromatic rings. The SMILES string of the molecule is OCc1ccccc1OCc1ccc(Br)cc1F. The van der Waals surface area contributed by atoms with E-state index in [9.17, 15) is 4.39 Å². The standard InChI is InChI=1S/C14H12BrFO2/c15-12-6-5-11(13(16)7-12)9-18-14-4-2-1-3-10(14)8-17/h1-7,17H,8-9H2. The Bertz CT molecular complexity index is 543. The van der Waals surface area contributed by atoms with Crippen LogP contribution < -0.4 is 4.74 Å². The molecule has 0 heterocycles. The smallest absolute Gasteiger partial charge is 0.130 e. The molecule has 0 radical (unpaired) electrons. The Labute approximate surface area is 113 Å². The molecular weight excluding hydrogens is 299 g/mol. The molecule has 1 N–H and O–H groups in total. The van der Waals surface area contributed by atoms with Crippen molar-refractivity contribution in [3.8, 4) is 5.75 Å². The molecule has 0 aliphatic heterocycles. The van der Waals surface area contributed by atoms with E-state index >= 15 is 0 Å². The lowest BCUT2D eigenvalue weighted by atomic mass is 10.2. The van der Waals surface area contributed by atoms with Gasteiger partial charge in [-0.15, -0.1) is 0 Å². The highest BCUT2D eigenvalue weighted by Gasteiger charge is 2.06. The van der Waals surface area contributed by atoms with E-state index in [0.29, 0.717) is 21.3 Å². The fourth-order valence-corrected chi connectivity index (χ4v) is 1.90. The van der Waals surface area contributed by atoms with Crippen molar-refractivity contribution in [1.29, 1.82) is 0 Å². The maximum absolute atomic E-state index is 13.6. The van der Waals surface area contributed by atoms with Gasteiger partial charge < -0.3 is 9.84 Å². The molecule has 2 nitrogen and oxygen atoms in total. The highest BCUT2D eigenvalue weighted by atomic mass is 79.9. The normalized spacial score (nSPS) is 10.4. The van der Waals surface area contributed by atoms with E-state index in [2.05, 4.69) is 15.9 Å². The van der Waals surface area contributed by atoms with Crippen molar-refractivity contribution in [2.45, 2.75) is 13.2 Å². The van der Waals surface area contributed by atoms with Gasteiger partial charge in [-0.2, -0.15) is 0 Å². The van der Waals surface area contributed by atoms with Gasteiger partial charge in [0.25, 0.3) is 0 Å². The predicted octanol–water partition coefficient (Wildman–Crippen LogP) is 3.66. The third-order valence-electron chi connectivity index (χ3n) is 2.54. The van der Waals surface area contributed by atoms with Crippen LogP contribution in [0.25, 0.3) is 0 Å². The first kappa shape index (κ1) is 13.1. The molecule has 0 aliphatic carbocycles. The lowest BCUT2D eigenvalue weighted by molar-refractivity contribution is 0.257. The number of aliphatic hydroxyl groups excluding tert-OH is 1. The molecule has 94 valence electrons. The molecule has 0 saturated heterocycles. The van der Waals surface area contributed by atoms with Crippen LogP contribution in [0.15, 0.2) is 46.9 Å². The van der Waals surface area contributed by atoms with Gasteiger partial charge in [0, 0.05) is 15.6 Å². The third kappa shape index (κ3) is 3.09. The van der Waals surface area contributed by atoms with E-state index in [1.165, 1.54) is 6.07 Å². The monoisotopic (exact) mass is 310 g/mol. The number of halogens is 2. The average Bonchev–Trinajstić information content (AvgIpc) is 2.38. The Morgan fingerprint density at radius 2 is 1.89 bits per heavy atom. The molecule has 2 rings (SSSR count). The lowest BCUT2D eigenvalue weighted by Crippen LogP contribution is -2.00. The van der Waals surface area contributed by atoms with Crippen LogP contribution in [0, 0.1) is 5.82 Å². The molecule has 0 spiro atoms. The van der Waals surface area contributed by atoms with Gasteiger partial charge >= 0.3 is 0 Å². The van der Waals surface area contributed by atoms with Gasteiger partial charge in [0.05, 0.1) is 6.61 Å². The van der Waals surface area contributed by atoms with Crippen LogP contribution in [-0.2, 0) is 13.2 Å². The summed E-state index contributed by atoms with van der Waals surface area (Å²) in [7, 11) is 0. The maximum atomic E-state index is 13.6. The second-order valence-corrected chi connectivity index (χ2v) is 4.71. The van der Waals surface area contributed by atoms with Crippen molar-refractivity contribution in [3.05, 3.63) is 63.9 Å². The van der Waals surface area contributed by atoms with Crippen molar-refractivity contribution >= 4 is 15.9 Å². The molecule has 18 heavy (non-hydrogen) atoms. The zero-order valence-corrected chi connectivity index (χ0v) is 11.2. The first-order chi connectivity index (χ1) is 8.70. The van der Waals surface area contributed by atoms with Crippen molar-refractivity contribution in [2.24, 2.45) is 0 Å². The number of hydrogen-bond acceptors (Lipinski definition) is 2. The molecule has 0 saturated carbocycles. The summed E-state index contributed by atoms with van der Waals surface area (Å²) in [5, 5.41) is 9.15. The van der Waals surface area contributed by atoms with E-state index in [4.69, 9.17) is 9.84 Å². The summed E-state index contributed by atoms with van der Waals surface area (Å²) in [5.74, 6) is 0.258. The Morgan fingerprint density at radius 3 is 2.61 bits per heavy atom. The van der Waals surface area contributed by atoms with E-state index in [1.807, 2.05) is 12.1 Å². The number of benzene rings is 2. The predicted molar refractivity (Wildman–Crippen MR) is 70.8 cm³/mol. The van der Waals surface area contributed by atoms with Crippen molar-refractivity contribution in [2.75, 3.05) is 0 Å². The van der Waals surface area contributed by atoms with Crippen LogP contribution in [0.2, 0.25) is 0 Å². The average molecular weight is 311 g/mol. The third-order valence-corrected chi connectivity index (χ3v) is 3.03. The summed E-state index contributed by atoms with van der Waals surface area (Å²) >= 11 is 3.20. The summed E-state index contributed by atoms with van der Waals surface area (Å²) in [4.78, 5) is 0. The Kier molecular flexibility index (Phi) is 4.33. The molecule has 4 heteroatoms. The minimum absolute atomic E-state index is 0.0982. The van der Waals surface area contributed by atoms with Crippen LogP contribution in [0.3, 0.4) is 0 Å². The molecular formula is C14H12BrFO2. The molecule has 0 fully saturated rings. The number of rotatable bonds is 4. The zero-order valence-electron chi connectivity index (χ0n) is 9.57. The second-order valence-electron chi connectivity index (χ2n) is 3.79. The summed E-state index contributed by atoms with van der Waals surface area (Å²) in [6.07, 6.45) is 0. The van der Waals surface area contributed by atoms with Gasteiger partial charge in [-0.3, -0.25) is 0 Å². The Hall–Kier alpha value is -1.39. The number of hydrogen-bond donors (Lipinski definition) is 1. The molecule has 0 aliphatic rings. The van der Waals surface area contributed by atoms with Gasteiger partial charge in [-0.25, -0.2) is 4.39 Å². The van der Waals surface area contributed by atoms with Crippen LogP contribution in [0.5, 0.6) is 5.75 Å². The summed E-state index contributed by atoms with van der Waals surface area (Å²) in [6.45, 7) is 0.0368. The minimum Gasteiger partial charge on any atom is -0.488 e. The van der Waals surface area contributed by atoms with Gasteiger partial charge in [-0.05, 0) is 18.2 Å². The van der Waals surface area contributed by atoms with Gasteiger partial charge in [-0.1, -0.05) is 40.2 Å². The Balaban J connectivity index is 2.11. The largest absolute Gasteiger partial charge is 0.488 e. The molecule has 0 aromatic heterocycles. The quantitative estimate of drug-likeness (QED) is 0.934. The molecule has 0 unspecified atom stereocenters. The maximum Gasteiger partial charge on any atom is 0.130 e. The summed E-state index contributed by atoms with van der Waals surface area (Å²) in [6, 6.07) is 12.0. The van der Waals surface area contributed by atoms with Gasteiger partial charge in [0.1, 0.15) is 18.2 Å². The van der Waals surface area contributed by atoms with E-state index in [0.717, 1.165) is 0 Å².